The van der Waals surface area contributed by atoms with Crippen LogP contribution in [0.25, 0.3) is 0 Å². The number of carbonyl (C=O) groups is 1. The zero-order chi connectivity index (χ0) is 17.8. The van der Waals surface area contributed by atoms with E-state index in [9.17, 15) is 4.79 Å². The van der Waals surface area contributed by atoms with Gasteiger partial charge in [-0.1, -0.05) is 11.2 Å². The second-order valence-corrected chi connectivity index (χ2v) is 7.21. The standard InChI is InChI=1S/C19H24N4O3/c24-18(16-3-8-22-26-16)21-9-5-19-6-11-25-17(19)4-10-23(14-19)13-15-2-1-7-20-12-15/h1-3,7-8,12,17H,4-6,9-11,13-14H2,(H,21,24)/t17-,19+/m0/s1. The predicted octanol–water partition coefficient (Wildman–Crippen LogP) is 1.87. The van der Waals surface area contributed by atoms with Crippen LogP contribution in [0.15, 0.2) is 41.3 Å². The first-order chi connectivity index (χ1) is 12.8. The number of hydrogen-bond acceptors (Lipinski definition) is 6. The Bertz CT molecular complexity index is 722. The van der Waals surface area contributed by atoms with Crippen LogP contribution in [0.4, 0.5) is 0 Å². The van der Waals surface area contributed by atoms with E-state index in [1.165, 1.54) is 11.8 Å². The van der Waals surface area contributed by atoms with Gasteiger partial charge in [0.05, 0.1) is 12.3 Å². The molecule has 2 saturated heterocycles. The Balaban J connectivity index is 1.36. The third kappa shape index (κ3) is 3.64. The van der Waals surface area contributed by atoms with Crippen molar-refractivity contribution in [3.05, 3.63) is 48.1 Å². The molecule has 4 rings (SSSR count). The number of likely N-dealkylation sites (tertiary alicyclic amines) is 1. The molecular weight excluding hydrogens is 332 g/mol. The maximum Gasteiger partial charge on any atom is 0.289 e. The minimum atomic E-state index is -0.211. The summed E-state index contributed by atoms with van der Waals surface area (Å²) in [6, 6.07) is 5.68. The van der Waals surface area contributed by atoms with Crippen LogP contribution in [-0.2, 0) is 11.3 Å². The van der Waals surface area contributed by atoms with E-state index < -0.39 is 0 Å². The van der Waals surface area contributed by atoms with Crippen LogP contribution in [0, 0.1) is 5.41 Å². The summed E-state index contributed by atoms with van der Waals surface area (Å²) in [5, 5.41) is 6.52. The van der Waals surface area contributed by atoms with Crippen molar-refractivity contribution in [1.29, 1.82) is 0 Å². The number of piperidine rings is 1. The van der Waals surface area contributed by atoms with Gasteiger partial charge in [0.1, 0.15) is 0 Å². The molecule has 1 N–H and O–H groups in total. The van der Waals surface area contributed by atoms with Gasteiger partial charge < -0.3 is 14.6 Å². The summed E-state index contributed by atoms with van der Waals surface area (Å²) in [7, 11) is 0. The van der Waals surface area contributed by atoms with Gasteiger partial charge in [-0.15, -0.1) is 0 Å². The normalized spacial score (nSPS) is 25.8. The molecule has 0 radical (unpaired) electrons. The van der Waals surface area contributed by atoms with Gasteiger partial charge in [-0.05, 0) is 30.9 Å². The highest BCUT2D eigenvalue weighted by molar-refractivity contribution is 5.91. The molecule has 1 amide bonds. The minimum absolute atomic E-state index is 0.106. The van der Waals surface area contributed by atoms with E-state index >= 15 is 0 Å². The SMILES string of the molecule is O=C(NCC[C@]12CCO[C@H]1CCN(Cc1cccnc1)C2)c1ccno1. The zero-order valence-electron chi connectivity index (χ0n) is 14.8. The molecule has 0 aliphatic carbocycles. The van der Waals surface area contributed by atoms with E-state index in [1.54, 1.807) is 12.3 Å². The molecule has 0 bridgehead atoms. The number of aromatic nitrogens is 2. The average Bonchev–Trinajstić information content (AvgIpc) is 3.32. The zero-order valence-corrected chi connectivity index (χ0v) is 14.8. The van der Waals surface area contributed by atoms with Gasteiger partial charge in [-0.2, -0.15) is 0 Å². The van der Waals surface area contributed by atoms with E-state index in [1.807, 2.05) is 12.3 Å². The summed E-state index contributed by atoms with van der Waals surface area (Å²) in [5.74, 6) is 0.0426. The second kappa shape index (κ2) is 7.55. The fraction of sp³-hybridized carbons (Fsp3) is 0.526. The minimum Gasteiger partial charge on any atom is -0.378 e. The molecule has 0 aromatic carbocycles. The molecule has 4 heterocycles. The molecular formula is C19H24N4O3. The number of ether oxygens (including phenoxy) is 1. The molecule has 2 aliphatic heterocycles. The Morgan fingerprint density at radius 1 is 1.38 bits per heavy atom. The maximum atomic E-state index is 12.0. The van der Waals surface area contributed by atoms with Crippen molar-refractivity contribution in [2.45, 2.75) is 31.9 Å². The highest BCUT2D eigenvalue weighted by Crippen LogP contribution is 2.43. The van der Waals surface area contributed by atoms with E-state index in [4.69, 9.17) is 9.26 Å². The van der Waals surface area contributed by atoms with Crippen molar-refractivity contribution in [1.82, 2.24) is 20.4 Å². The number of nitrogens with one attached hydrogen (secondary N) is 1. The van der Waals surface area contributed by atoms with Crippen LogP contribution in [0.2, 0.25) is 0 Å². The predicted molar refractivity (Wildman–Crippen MR) is 94.4 cm³/mol. The Labute approximate surface area is 152 Å². The third-order valence-electron chi connectivity index (χ3n) is 5.55. The highest BCUT2D eigenvalue weighted by Gasteiger charge is 2.47. The van der Waals surface area contributed by atoms with Gasteiger partial charge in [0, 0.05) is 56.7 Å². The van der Waals surface area contributed by atoms with Crippen LogP contribution in [-0.4, -0.2) is 53.3 Å². The third-order valence-corrected chi connectivity index (χ3v) is 5.55. The molecule has 7 heteroatoms. The van der Waals surface area contributed by atoms with E-state index in [2.05, 4.69) is 26.4 Å². The number of pyridine rings is 1. The molecule has 138 valence electrons. The quantitative estimate of drug-likeness (QED) is 0.851. The number of carbonyl (C=O) groups excluding carboxylic acids is 1. The van der Waals surface area contributed by atoms with Gasteiger partial charge >= 0.3 is 0 Å². The van der Waals surface area contributed by atoms with Gasteiger partial charge in [0.2, 0.25) is 5.76 Å². The van der Waals surface area contributed by atoms with Gasteiger partial charge in [-0.25, -0.2) is 0 Å². The summed E-state index contributed by atoms with van der Waals surface area (Å²) >= 11 is 0. The molecule has 2 aliphatic rings. The molecule has 2 fully saturated rings. The van der Waals surface area contributed by atoms with Crippen molar-refractivity contribution in [3.63, 3.8) is 0 Å². The van der Waals surface area contributed by atoms with Crippen LogP contribution in [0.3, 0.4) is 0 Å². The lowest BCUT2D eigenvalue weighted by Crippen LogP contribution is -2.50. The molecule has 2 aromatic rings. The van der Waals surface area contributed by atoms with Gasteiger partial charge in [-0.3, -0.25) is 14.7 Å². The number of nitrogens with zero attached hydrogens (tertiary/aromatic N) is 3. The van der Waals surface area contributed by atoms with Crippen molar-refractivity contribution in [2.75, 3.05) is 26.2 Å². The van der Waals surface area contributed by atoms with Crippen LogP contribution >= 0.6 is 0 Å². The maximum absolute atomic E-state index is 12.0. The first kappa shape index (κ1) is 17.2. The summed E-state index contributed by atoms with van der Waals surface area (Å²) in [6.07, 6.45) is 8.48. The average molecular weight is 356 g/mol. The molecule has 26 heavy (non-hydrogen) atoms. The molecule has 2 aromatic heterocycles. The van der Waals surface area contributed by atoms with E-state index in [0.717, 1.165) is 45.5 Å². The molecule has 0 spiro atoms. The number of rotatable bonds is 6. The number of fused-ring (bicyclic) bond motifs is 1. The van der Waals surface area contributed by atoms with Crippen molar-refractivity contribution >= 4 is 5.91 Å². The molecule has 0 saturated carbocycles. The first-order valence-electron chi connectivity index (χ1n) is 9.17. The Morgan fingerprint density at radius 2 is 2.35 bits per heavy atom. The monoisotopic (exact) mass is 356 g/mol. The van der Waals surface area contributed by atoms with Crippen molar-refractivity contribution in [2.24, 2.45) is 5.41 Å². The lowest BCUT2D eigenvalue weighted by Gasteiger charge is -2.44. The summed E-state index contributed by atoms with van der Waals surface area (Å²) in [5.41, 5.74) is 1.34. The van der Waals surface area contributed by atoms with Crippen LogP contribution in [0.5, 0.6) is 0 Å². The molecule has 7 nitrogen and oxygen atoms in total. The van der Waals surface area contributed by atoms with Gasteiger partial charge in [0.15, 0.2) is 0 Å². The topological polar surface area (TPSA) is 80.5 Å². The highest BCUT2D eigenvalue weighted by atomic mass is 16.5. The largest absolute Gasteiger partial charge is 0.378 e. The lowest BCUT2D eigenvalue weighted by molar-refractivity contribution is -0.0241. The van der Waals surface area contributed by atoms with E-state index in [0.29, 0.717) is 6.54 Å². The Kier molecular flexibility index (Phi) is 4.99. The fourth-order valence-corrected chi connectivity index (χ4v) is 4.23. The summed E-state index contributed by atoms with van der Waals surface area (Å²) in [6.45, 7) is 4.35. The van der Waals surface area contributed by atoms with E-state index in [-0.39, 0.29) is 23.2 Å². The van der Waals surface area contributed by atoms with Gasteiger partial charge in [0.25, 0.3) is 5.91 Å². The second-order valence-electron chi connectivity index (χ2n) is 7.21. The summed E-state index contributed by atoms with van der Waals surface area (Å²) in [4.78, 5) is 18.8. The first-order valence-corrected chi connectivity index (χ1v) is 9.17. The fourth-order valence-electron chi connectivity index (χ4n) is 4.23. The number of hydrogen-bond donors (Lipinski definition) is 1. The molecule has 2 atom stereocenters. The number of amides is 1. The smallest absolute Gasteiger partial charge is 0.289 e. The Hall–Kier alpha value is -2.25. The van der Waals surface area contributed by atoms with Crippen molar-refractivity contribution < 1.29 is 14.1 Å². The van der Waals surface area contributed by atoms with Crippen LogP contribution in [0.1, 0.15) is 35.4 Å². The Morgan fingerprint density at radius 3 is 3.15 bits per heavy atom. The van der Waals surface area contributed by atoms with Crippen molar-refractivity contribution in [3.8, 4) is 0 Å². The molecule has 0 unspecified atom stereocenters. The summed E-state index contributed by atoms with van der Waals surface area (Å²) < 4.78 is 10.9. The lowest BCUT2D eigenvalue weighted by atomic mass is 9.74. The van der Waals surface area contributed by atoms with Crippen LogP contribution < -0.4 is 5.32 Å².